The monoisotopic (exact) mass is 245 g/mol. The Bertz CT molecular complexity index is 578. The van der Waals surface area contributed by atoms with Gasteiger partial charge in [-0.05, 0) is 25.7 Å². The van der Waals surface area contributed by atoms with Gasteiger partial charge in [0.15, 0.2) is 5.82 Å². The third kappa shape index (κ3) is 1.61. The molecule has 0 spiro atoms. The molecule has 1 aliphatic rings. The zero-order chi connectivity index (χ0) is 12.5. The summed E-state index contributed by atoms with van der Waals surface area (Å²) in [5.41, 5.74) is 8.82. The van der Waals surface area contributed by atoms with E-state index in [9.17, 15) is 0 Å². The van der Waals surface area contributed by atoms with Crippen molar-refractivity contribution in [3.8, 4) is 11.7 Å². The molecule has 0 aromatic carbocycles. The predicted octanol–water partition coefficient (Wildman–Crippen LogP) is 1.13. The van der Waals surface area contributed by atoms with Gasteiger partial charge in [-0.3, -0.25) is 4.57 Å². The van der Waals surface area contributed by atoms with Gasteiger partial charge < -0.3 is 10.5 Å². The third-order valence-corrected chi connectivity index (χ3v) is 3.28. The number of methoxy groups -OCH3 is 1. The Balaban J connectivity index is 2.13. The third-order valence-electron chi connectivity index (χ3n) is 3.28. The van der Waals surface area contributed by atoms with Crippen molar-refractivity contribution >= 4 is 5.69 Å². The summed E-state index contributed by atoms with van der Waals surface area (Å²) in [5.74, 6) is 1.05. The first kappa shape index (κ1) is 11.0. The number of rotatable bonds is 2. The van der Waals surface area contributed by atoms with Gasteiger partial charge in [-0.25, -0.2) is 9.97 Å². The second-order valence-corrected chi connectivity index (χ2v) is 4.34. The van der Waals surface area contributed by atoms with Crippen LogP contribution in [0.4, 0.5) is 5.69 Å². The van der Waals surface area contributed by atoms with Gasteiger partial charge in [-0.2, -0.15) is 4.98 Å². The van der Waals surface area contributed by atoms with Crippen molar-refractivity contribution in [3.63, 3.8) is 0 Å². The Hall–Kier alpha value is -2.11. The Kier molecular flexibility index (Phi) is 2.62. The number of nitrogen functional groups attached to an aromatic ring is 1. The summed E-state index contributed by atoms with van der Waals surface area (Å²) in [7, 11) is 1.55. The van der Waals surface area contributed by atoms with Crippen LogP contribution in [0.15, 0.2) is 12.7 Å². The molecule has 6 heteroatoms. The summed E-state index contributed by atoms with van der Waals surface area (Å²) in [6, 6.07) is 0. The number of hydrogen-bond donors (Lipinski definition) is 1. The lowest BCUT2D eigenvalue weighted by atomic mass is 10.0. The van der Waals surface area contributed by atoms with Crippen LogP contribution in [0.1, 0.15) is 24.2 Å². The Labute approximate surface area is 105 Å². The molecule has 0 unspecified atom stereocenters. The average Bonchev–Trinajstić information content (AvgIpc) is 2.83. The van der Waals surface area contributed by atoms with Crippen LogP contribution in [0, 0.1) is 0 Å². The summed E-state index contributed by atoms with van der Waals surface area (Å²) >= 11 is 0. The number of ether oxygens (including phenoxy) is 1. The minimum atomic E-state index is 0.401. The highest BCUT2D eigenvalue weighted by atomic mass is 16.5. The van der Waals surface area contributed by atoms with Gasteiger partial charge in [-0.1, -0.05) is 0 Å². The van der Waals surface area contributed by atoms with Crippen molar-refractivity contribution in [2.75, 3.05) is 12.8 Å². The first-order valence-electron chi connectivity index (χ1n) is 6.01. The van der Waals surface area contributed by atoms with E-state index in [0.717, 1.165) is 18.5 Å². The summed E-state index contributed by atoms with van der Waals surface area (Å²) in [5, 5.41) is 0. The Morgan fingerprint density at radius 1 is 1.22 bits per heavy atom. The van der Waals surface area contributed by atoms with Crippen LogP contribution >= 0.6 is 0 Å². The summed E-state index contributed by atoms with van der Waals surface area (Å²) in [4.78, 5) is 12.7. The number of fused-ring (bicyclic) bond motifs is 1. The fourth-order valence-corrected chi connectivity index (χ4v) is 2.38. The first-order valence-corrected chi connectivity index (χ1v) is 6.01. The highest BCUT2D eigenvalue weighted by Crippen LogP contribution is 2.27. The Morgan fingerprint density at radius 3 is 2.89 bits per heavy atom. The highest BCUT2D eigenvalue weighted by Gasteiger charge is 2.19. The van der Waals surface area contributed by atoms with Crippen LogP contribution in [-0.2, 0) is 12.8 Å². The van der Waals surface area contributed by atoms with Crippen molar-refractivity contribution < 1.29 is 4.74 Å². The van der Waals surface area contributed by atoms with Crippen LogP contribution in [0.25, 0.3) is 5.82 Å². The molecule has 0 fully saturated rings. The number of anilines is 1. The summed E-state index contributed by atoms with van der Waals surface area (Å²) in [6.07, 6.45) is 7.67. The second-order valence-electron chi connectivity index (χ2n) is 4.34. The van der Waals surface area contributed by atoms with Crippen LogP contribution in [0.5, 0.6) is 5.88 Å². The SMILES string of the molecule is COc1ncnc(-n2cnc3c2CCCC3)c1N. The standard InChI is InChI=1S/C12H15N5O/c1-18-12-10(13)11(14-6-15-12)17-7-16-8-4-2-3-5-9(8)17/h6-7H,2-5,13H2,1H3. The predicted molar refractivity (Wildman–Crippen MR) is 66.8 cm³/mol. The molecule has 1 aliphatic carbocycles. The number of imidazole rings is 1. The topological polar surface area (TPSA) is 78.9 Å². The van der Waals surface area contributed by atoms with Crippen LogP contribution < -0.4 is 10.5 Å². The van der Waals surface area contributed by atoms with E-state index in [1.165, 1.54) is 24.9 Å². The lowest BCUT2D eigenvalue weighted by Crippen LogP contribution is -2.10. The lowest BCUT2D eigenvalue weighted by Gasteiger charge is -2.15. The van der Waals surface area contributed by atoms with Crippen LogP contribution in [0.3, 0.4) is 0 Å². The van der Waals surface area contributed by atoms with E-state index >= 15 is 0 Å². The molecule has 0 amide bonds. The molecule has 3 rings (SSSR count). The minimum Gasteiger partial charge on any atom is -0.479 e. The van der Waals surface area contributed by atoms with Crippen LogP contribution in [-0.4, -0.2) is 26.6 Å². The van der Waals surface area contributed by atoms with E-state index < -0.39 is 0 Å². The molecular formula is C12H15N5O. The van der Waals surface area contributed by atoms with Gasteiger partial charge in [0.25, 0.3) is 0 Å². The Morgan fingerprint density at radius 2 is 2.06 bits per heavy atom. The zero-order valence-electron chi connectivity index (χ0n) is 10.3. The molecule has 0 bridgehead atoms. The largest absolute Gasteiger partial charge is 0.479 e. The quantitative estimate of drug-likeness (QED) is 0.858. The van der Waals surface area contributed by atoms with Gasteiger partial charge in [0.2, 0.25) is 5.88 Å². The van der Waals surface area contributed by atoms with Gasteiger partial charge in [0, 0.05) is 5.69 Å². The fraction of sp³-hybridized carbons (Fsp3) is 0.417. The number of nitrogens with two attached hydrogens (primary N) is 1. The summed E-state index contributed by atoms with van der Waals surface area (Å²) < 4.78 is 7.07. The number of hydrogen-bond acceptors (Lipinski definition) is 5. The van der Waals surface area contributed by atoms with E-state index in [-0.39, 0.29) is 0 Å². The molecule has 0 aliphatic heterocycles. The van der Waals surface area contributed by atoms with Crippen molar-refractivity contribution in [1.29, 1.82) is 0 Å². The molecule has 2 N–H and O–H groups in total. The van der Waals surface area contributed by atoms with E-state index in [1.54, 1.807) is 13.4 Å². The average molecular weight is 245 g/mol. The molecule has 2 aromatic rings. The fourth-order valence-electron chi connectivity index (χ4n) is 2.38. The van der Waals surface area contributed by atoms with Crippen molar-refractivity contribution in [1.82, 2.24) is 19.5 Å². The molecule has 94 valence electrons. The van der Waals surface area contributed by atoms with Gasteiger partial charge in [0.1, 0.15) is 18.3 Å². The molecule has 6 nitrogen and oxygen atoms in total. The molecule has 0 saturated carbocycles. The molecule has 0 atom stereocenters. The summed E-state index contributed by atoms with van der Waals surface area (Å²) in [6.45, 7) is 0. The maximum atomic E-state index is 6.02. The van der Waals surface area contributed by atoms with E-state index in [4.69, 9.17) is 10.5 Å². The first-order chi connectivity index (χ1) is 8.81. The second kappa shape index (κ2) is 4.29. The molecule has 2 heterocycles. The zero-order valence-corrected chi connectivity index (χ0v) is 10.3. The molecular weight excluding hydrogens is 230 g/mol. The molecule has 18 heavy (non-hydrogen) atoms. The maximum absolute atomic E-state index is 6.02. The highest BCUT2D eigenvalue weighted by molar-refractivity contribution is 5.60. The van der Waals surface area contributed by atoms with E-state index in [0.29, 0.717) is 17.4 Å². The number of aromatic nitrogens is 4. The molecule has 0 saturated heterocycles. The van der Waals surface area contributed by atoms with Crippen LogP contribution in [0.2, 0.25) is 0 Å². The molecule has 2 aromatic heterocycles. The minimum absolute atomic E-state index is 0.401. The number of nitrogens with zero attached hydrogens (tertiary/aromatic N) is 4. The van der Waals surface area contributed by atoms with E-state index in [2.05, 4.69) is 15.0 Å². The maximum Gasteiger partial charge on any atom is 0.242 e. The van der Waals surface area contributed by atoms with E-state index in [1.807, 2.05) is 4.57 Å². The van der Waals surface area contributed by atoms with Gasteiger partial charge >= 0.3 is 0 Å². The normalized spacial score (nSPS) is 14.3. The van der Waals surface area contributed by atoms with Gasteiger partial charge in [-0.15, -0.1) is 0 Å². The van der Waals surface area contributed by atoms with Crippen molar-refractivity contribution in [2.24, 2.45) is 0 Å². The van der Waals surface area contributed by atoms with Crippen molar-refractivity contribution in [2.45, 2.75) is 25.7 Å². The van der Waals surface area contributed by atoms with Gasteiger partial charge in [0.05, 0.1) is 12.8 Å². The smallest absolute Gasteiger partial charge is 0.242 e. The lowest BCUT2D eigenvalue weighted by molar-refractivity contribution is 0.399. The number of aryl methyl sites for hydroxylation is 1. The van der Waals surface area contributed by atoms with Crippen molar-refractivity contribution in [3.05, 3.63) is 24.0 Å². The molecule has 0 radical (unpaired) electrons.